The van der Waals surface area contributed by atoms with E-state index in [1.807, 2.05) is 0 Å². The number of halogens is 1. The number of nitrogens with one attached hydrogen (secondary N) is 1. The Labute approximate surface area is 104 Å². The zero-order chi connectivity index (χ0) is 11.1. The molecule has 2 unspecified atom stereocenters. The number of hydrogen-bond acceptors (Lipinski definition) is 4. The summed E-state index contributed by atoms with van der Waals surface area (Å²) >= 11 is 2.09. The first-order valence-corrected chi connectivity index (χ1v) is 6.53. The van der Waals surface area contributed by atoms with E-state index < -0.39 is 0 Å². The molecule has 88 valence electrons. The van der Waals surface area contributed by atoms with E-state index >= 15 is 0 Å². The summed E-state index contributed by atoms with van der Waals surface area (Å²) in [6, 6.07) is 0. The highest BCUT2D eigenvalue weighted by Crippen LogP contribution is 2.14. The molecule has 1 heterocycles. The topological polar surface area (TPSA) is 47.6 Å². The summed E-state index contributed by atoms with van der Waals surface area (Å²) in [7, 11) is 1.42. The Morgan fingerprint density at radius 1 is 1.73 bits per heavy atom. The number of methoxy groups -OCH3 is 1. The number of rotatable bonds is 6. The summed E-state index contributed by atoms with van der Waals surface area (Å²) in [5.41, 5.74) is 0. The molecule has 1 rings (SSSR count). The van der Waals surface area contributed by atoms with Gasteiger partial charge in [-0.3, -0.25) is 4.79 Å². The van der Waals surface area contributed by atoms with Crippen LogP contribution in [0.4, 0.5) is 0 Å². The summed E-state index contributed by atoms with van der Waals surface area (Å²) in [5.74, 6) is -0.166. The van der Waals surface area contributed by atoms with Crippen molar-refractivity contribution >= 4 is 28.6 Å². The van der Waals surface area contributed by atoms with E-state index in [1.165, 1.54) is 20.0 Å². The van der Waals surface area contributed by atoms with E-state index in [2.05, 4.69) is 32.6 Å². The monoisotopic (exact) mass is 327 g/mol. The van der Waals surface area contributed by atoms with Crippen molar-refractivity contribution in [1.82, 2.24) is 5.32 Å². The van der Waals surface area contributed by atoms with Crippen molar-refractivity contribution in [2.75, 3.05) is 26.8 Å². The molecule has 0 aliphatic carbocycles. The van der Waals surface area contributed by atoms with Gasteiger partial charge in [-0.1, -0.05) is 22.6 Å². The summed E-state index contributed by atoms with van der Waals surface area (Å²) in [6.45, 7) is 2.48. The number of alkyl halides is 1. The lowest BCUT2D eigenvalue weighted by atomic mass is 10.2. The third-order valence-corrected chi connectivity index (χ3v) is 3.40. The van der Waals surface area contributed by atoms with Crippen LogP contribution < -0.4 is 5.32 Å². The van der Waals surface area contributed by atoms with Crippen molar-refractivity contribution in [3.05, 3.63) is 0 Å². The number of carbonyl (C=O) groups is 1. The molecule has 1 saturated heterocycles. The smallest absolute Gasteiger partial charge is 0.319 e. The number of esters is 1. The SMILES string of the molecule is COC(=O)C(I)CNCCC1CCCO1. The van der Waals surface area contributed by atoms with Gasteiger partial charge in [0.05, 0.1) is 13.2 Å². The molecule has 4 nitrogen and oxygen atoms in total. The second-order valence-corrected chi connectivity index (χ2v) is 5.12. The van der Waals surface area contributed by atoms with E-state index in [-0.39, 0.29) is 9.89 Å². The summed E-state index contributed by atoms with van der Waals surface area (Å²) in [4.78, 5) is 11.1. The molecule has 0 aromatic heterocycles. The number of carbonyl (C=O) groups excluding carboxylic acids is 1. The van der Waals surface area contributed by atoms with Gasteiger partial charge in [-0.2, -0.15) is 0 Å². The molecule has 1 aliphatic rings. The third kappa shape index (κ3) is 5.12. The Morgan fingerprint density at radius 3 is 3.13 bits per heavy atom. The summed E-state index contributed by atoms with van der Waals surface area (Å²) in [6.07, 6.45) is 3.81. The van der Waals surface area contributed by atoms with Gasteiger partial charge >= 0.3 is 5.97 Å². The van der Waals surface area contributed by atoms with Crippen LogP contribution in [-0.4, -0.2) is 42.8 Å². The average Bonchev–Trinajstić information content (AvgIpc) is 2.75. The lowest BCUT2D eigenvalue weighted by Crippen LogP contribution is -2.31. The maximum absolute atomic E-state index is 11.1. The molecule has 0 saturated carbocycles. The van der Waals surface area contributed by atoms with Gasteiger partial charge in [0.15, 0.2) is 0 Å². The molecule has 1 aliphatic heterocycles. The molecule has 0 aromatic rings. The molecule has 0 amide bonds. The Kier molecular flexibility index (Phi) is 6.51. The standard InChI is InChI=1S/C10H18INO3/c1-14-10(13)9(11)7-12-5-4-8-3-2-6-15-8/h8-9,12H,2-7H2,1H3. The van der Waals surface area contributed by atoms with Crippen LogP contribution in [0.25, 0.3) is 0 Å². The van der Waals surface area contributed by atoms with Crippen LogP contribution in [-0.2, 0) is 14.3 Å². The van der Waals surface area contributed by atoms with Crippen LogP contribution in [0.15, 0.2) is 0 Å². The van der Waals surface area contributed by atoms with Gasteiger partial charge in [-0.15, -0.1) is 0 Å². The van der Waals surface area contributed by atoms with Gasteiger partial charge in [0.1, 0.15) is 3.92 Å². The molecule has 0 aromatic carbocycles. The fourth-order valence-electron chi connectivity index (χ4n) is 1.58. The van der Waals surface area contributed by atoms with Gasteiger partial charge in [0, 0.05) is 13.2 Å². The Balaban J connectivity index is 1.98. The van der Waals surface area contributed by atoms with Crippen LogP contribution in [0, 0.1) is 0 Å². The highest BCUT2D eigenvalue weighted by molar-refractivity contribution is 14.1. The van der Waals surface area contributed by atoms with Gasteiger partial charge in [-0.25, -0.2) is 0 Å². The second-order valence-electron chi connectivity index (χ2n) is 3.62. The van der Waals surface area contributed by atoms with Crippen molar-refractivity contribution in [2.24, 2.45) is 0 Å². The number of ether oxygens (including phenoxy) is 2. The van der Waals surface area contributed by atoms with E-state index in [0.29, 0.717) is 12.6 Å². The molecule has 5 heteroatoms. The molecule has 1 N–H and O–H groups in total. The minimum Gasteiger partial charge on any atom is -0.468 e. The van der Waals surface area contributed by atoms with Crippen molar-refractivity contribution in [3.8, 4) is 0 Å². The van der Waals surface area contributed by atoms with Crippen LogP contribution in [0.5, 0.6) is 0 Å². The van der Waals surface area contributed by atoms with Crippen molar-refractivity contribution < 1.29 is 14.3 Å². The Hall–Kier alpha value is 0.120. The molecule has 15 heavy (non-hydrogen) atoms. The van der Waals surface area contributed by atoms with Crippen LogP contribution in [0.1, 0.15) is 19.3 Å². The number of hydrogen-bond donors (Lipinski definition) is 1. The average molecular weight is 327 g/mol. The fourth-order valence-corrected chi connectivity index (χ4v) is 2.14. The highest BCUT2D eigenvalue weighted by Gasteiger charge is 2.16. The molecule has 2 atom stereocenters. The first-order chi connectivity index (χ1) is 7.24. The van der Waals surface area contributed by atoms with Crippen molar-refractivity contribution in [3.63, 3.8) is 0 Å². The normalized spacial score (nSPS) is 22.7. The predicted octanol–water partition coefficient (Wildman–Crippen LogP) is 1.12. The van der Waals surface area contributed by atoms with E-state index in [0.717, 1.165) is 19.6 Å². The molecule has 1 fully saturated rings. The summed E-state index contributed by atoms with van der Waals surface area (Å²) in [5, 5.41) is 3.24. The third-order valence-electron chi connectivity index (χ3n) is 2.45. The van der Waals surface area contributed by atoms with Crippen molar-refractivity contribution in [2.45, 2.75) is 29.3 Å². The zero-order valence-corrected chi connectivity index (χ0v) is 11.2. The zero-order valence-electron chi connectivity index (χ0n) is 9.00. The Bertz CT molecular complexity index is 195. The molecule has 0 spiro atoms. The lowest BCUT2D eigenvalue weighted by molar-refractivity contribution is -0.139. The summed E-state index contributed by atoms with van der Waals surface area (Å²) < 4.78 is 10.0. The van der Waals surface area contributed by atoms with E-state index in [4.69, 9.17) is 4.74 Å². The minimum absolute atomic E-state index is 0.0999. The van der Waals surface area contributed by atoms with Crippen LogP contribution in [0.3, 0.4) is 0 Å². The lowest BCUT2D eigenvalue weighted by Gasteiger charge is -2.11. The molecule has 0 bridgehead atoms. The van der Waals surface area contributed by atoms with Gasteiger partial charge < -0.3 is 14.8 Å². The second kappa shape index (κ2) is 7.40. The molecular weight excluding hydrogens is 309 g/mol. The Morgan fingerprint density at radius 2 is 2.53 bits per heavy atom. The quantitative estimate of drug-likeness (QED) is 0.344. The van der Waals surface area contributed by atoms with Crippen molar-refractivity contribution in [1.29, 1.82) is 0 Å². The molecular formula is C10H18INO3. The van der Waals surface area contributed by atoms with E-state index in [9.17, 15) is 4.79 Å². The van der Waals surface area contributed by atoms with Gasteiger partial charge in [-0.05, 0) is 25.8 Å². The molecule has 0 radical (unpaired) electrons. The maximum atomic E-state index is 11.1. The highest BCUT2D eigenvalue weighted by atomic mass is 127. The minimum atomic E-state index is -0.166. The van der Waals surface area contributed by atoms with Gasteiger partial charge in [0.25, 0.3) is 0 Å². The van der Waals surface area contributed by atoms with E-state index in [1.54, 1.807) is 0 Å². The van der Waals surface area contributed by atoms with Crippen LogP contribution >= 0.6 is 22.6 Å². The first kappa shape index (κ1) is 13.2. The van der Waals surface area contributed by atoms with Gasteiger partial charge in [0.2, 0.25) is 0 Å². The predicted molar refractivity (Wildman–Crippen MR) is 66.3 cm³/mol. The first-order valence-electron chi connectivity index (χ1n) is 5.28. The van der Waals surface area contributed by atoms with Crippen LogP contribution in [0.2, 0.25) is 0 Å². The maximum Gasteiger partial charge on any atom is 0.319 e. The largest absolute Gasteiger partial charge is 0.468 e. The fraction of sp³-hybridized carbons (Fsp3) is 0.900.